The number of hydrogen-bond donors (Lipinski definition) is 1. The van der Waals surface area contributed by atoms with Crippen LogP contribution in [0, 0.1) is 13.8 Å². The Bertz CT molecular complexity index is 550. The van der Waals surface area contributed by atoms with Crippen LogP contribution in [0.2, 0.25) is 0 Å². The zero-order chi connectivity index (χ0) is 13.1. The van der Waals surface area contributed by atoms with Gasteiger partial charge in [0, 0.05) is 5.56 Å². The standard InChI is InChI=1S/C14H17N3O/c1-4-18-13-6-9(2)12(5-10(13)3)14-16-7-11(15)8-17-14/h5-8H,4,15H2,1-3H3. The lowest BCUT2D eigenvalue weighted by Gasteiger charge is -2.11. The number of nitrogen functional groups attached to an aromatic ring is 1. The first-order valence-electron chi connectivity index (χ1n) is 5.93. The number of aromatic nitrogens is 2. The molecule has 0 radical (unpaired) electrons. The number of ether oxygens (including phenoxy) is 1. The van der Waals surface area contributed by atoms with Gasteiger partial charge in [0.1, 0.15) is 5.75 Å². The van der Waals surface area contributed by atoms with E-state index < -0.39 is 0 Å². The van der Waals surface area contributed by atoms with Crippen molar-refractivity contribution in [3.63, 3.8) is 0 Å². The molecule has 0 unspecified atom stereocenters. The predicted octanol–water partition coefficient (Wildman–Crippen LogP) is 2.74. The van der Waals surface area contributed by atoms with Gasteiger partial charge in [-0.1, -0.05) is 0 Å². The fraction of sp³-hybridized carbons (Fsp3) is 0.286. The summed E-state index contributed by atoms with van der Waals surface area (Å²) in [5.74, 6) is 1.60. The third-order valence-electron chi connectivity index (χ3n) is 2.73. The Morgan fingerprint density at radius 2 is 1.78 bits per heavy atom. The van der Waals surface area contributed by atoms with Crippen LogP contribution < -0.4 is 10.5 Å². The summed E-state index contributed by atoms with van der Waals surface area (Å²) in [7, 11) is 0. The van der Waals surface area contributed by atoms with Gasteiger partial charge in [-0.2, -0.15) is 0 Å². The second-order valence-corrected chi connectivity index (χ2v) is 4.21. The number of nitrogens with two attached hydrogens (primary N) is 1. The second-order valence-electron chi connectivity index (χ2n) is 4.21. The van der Waals surface area contributed by atoms with Crippen molar-refractivity contribution in [2.45, 2.75) is 20.8 Å². The molecule has 0 saturated heterocycles. The zero-order valence-corrected chi connectivity index (χ0v) is 10.9. The van der Waals surface area contributed by atoms with E-state index in [1.54, 1.807) is 12.4 Å². The molecule has 0 aliphatic carbocycles. The molecule has 18 heavy (non-hydrogen) atoms. The first kappa shape index (κ1) is 12.4. The first-order chi connectivity index (χ1) is 8.61. The Morgan fingerprint density at radius 3 is 2.39 bits per heavy atom. The van der Waals surface area contributed by atoms with Crippen LogP contribution in [0.1, 0.15) is 18.1 Å². The molecule has 0 bridgehead atoms. The summed E-state index contributed by atoms with van der Waals surface area (Å²) in [6.07, 6.45) is 3.24. The van der Waals surface area contributed by atoms with Crippen LogP contribution in [0.25, 0.3) is 11.4 Å². The molecule has 1 aromatic heterocycles. The third kappa shape index (κ3) is 2.42. The highest BCUT2D eigenvalue weighted by molar-refractivity contribution is 5.63. The van der Waals surface area contributed by atoms with Gasteiger partial charge in [-0.05, 0) is 44.0 Å². The van der Waals surface area contributed by atoms with Crippen molar-refractivity contribution >= 4 is 5.69 Å². The quantitative estimate of drug-likeness (QED) is 0.900. The molecule has 0 atom stereocenters. The van der Waals surface area contributed by atoms with Crippen molar-refractivity contribution in [2.75, 3.05) is 12.3 Å². The van der Waals surface area contributed by atoms with Gasteiger partial charge in [0.25, 0.3) is 0 Å². The number of rotatable bonds is 3. The van der Waals surface area contributed by atoms with E-state index in [0.717, 1.165) is 22.4 Å². The van der Waals surface area contributed by atoms with Crippen LogP contribution in [0.15, 0.2) is 24.5 Å². The highest BCUT2D eigenvalue weighted by Crippen LogP contribution is 2.28. The summed E-state index contributed by atoms with van der Waals surface area (Å²) >= 11 is 0. The van der Waals surface area contributed by atoms with Crippen LogP contribution in [-0.4, -0.2) is 16.6 Å². The average molecular weight is 243 g/mol. The number of aryl methyl sites for hydroxylation is 2. The number of hydrogen-bond acceptors (Lipinski definition) is 4. The number of anilines is 1. The summed E-state index contributed by atoms with van der Waals surface area (Å²) in [6.45, 7) is 6.69. The molecule has 1 heterocycles. The molecule has 0 aliphatic rings. The highest BCUT2D eigenvalue weighted by Gasteiger charge is 2.09. The van der Waals surface area contributed by atoms with Gasteiger partial charge in [0.15, 0.2) is 5.82 Å². The maximum atomic E-state index is 5.59. The fourth-order valence-corrected chi connectivity index (χ4v) is 1.82. The van der Waals surface area contributed by atoms with E-state index in [2.05, 4.69) is 9.97 Å². The summed E-state index contributed by atoms with van der Waals surface area (Å²) in [5, 5.41) is 0. The molecule has 4 heteroatoms. The Balaban J connectivity index is 2.45. The molecule has 2 N–H and O–H groups in total. The van der Waals surface area contributed by atoms with Crippen LogP contribution in [-0.2, 0) is 0 Å². The van der Waals surface area contributed by atoms with E-state index in [9.17, 15) is 0 Å². The predicted molar refractivity (Wildman–Crippen MR) is 72.5 cm³/mol. The van der Waals surface area contributed by atoms with E-state index in [4.69, 9.17) is 10.5 Å². The Morgan fingerprint density at radius 1 is 1.11 bits per heavy atom. The minimum Gasteiger partial charge on any atom is -0.494 e. The third-order valence-corrected chi connectivity index (χ3v) is 2.73. The SMILES string of the molecule is CCOc1cc(C)c(-c2ncc(N)cn2)cc1C. The Kier molecular flexibility index (Phi) is 3.46. The monoisotopic (exact) mass is 243 g/mol. The van der Waals surface area contributed by atoms with E-state index in [0.29, 0.717) is 18.1 Å². The molecule has 2 rings (SSSR count). The van der Waals surface area contributed by atoms with Crippen LogP contribution >= 0.6 is 0 Å². The molecule has 0 saturated carbocycles. The Labute approximate surface area is 107 Å². The smallest absolute Gasteiger partial charge is 0.159 e. The molecule has 0 amide bonds. The Hall–Kier alpha value is -2.10. The molecular formula is C14H17N3O. The first-order valence-corrected chi connectivity index (χ1v) is 5.93. The van der Waals surface area contributed by atoms with Gasteiger partial charge in [-0.15, -0.1) is 0 Å². The minimum absolute atomic E-state index is 0.569. The van der Waals surface area contributed by atoms with E-state index in [-0.39, 0.29) is 0 Å². The summed E-state index contributed by atoms with van der Waals surface area (Å²) in [5.41, 5.74) is 9.34. The van der Waals surface area contributed by atoms with Gasteiger partial charge in [0.05, 0.1) is 24.7 Å². The molecule has 0 spiro atoms. The molecule has 0 aliphatic heterocycles. The summed E-state index contributed by atoms with van der Waals surface area (Å²) < 4.78 is 5.57. The van der Waals surface area contributed by atoms with Gasteiger partial charge in [0.2, 0.25) is 0 Å². The van der Waals surface area contributed by atoms with Crippen molar-refractivity contribution in [2.24, 2.45) is 0 Å². The van der Waals surface area contributed by atoms with Crippen LogP contribution in [0.3, 0.4) is 0 Å². The van der Waals surface area contributed by atoms with Gasteiger partial charge < -0.3 is 10.5 Å². The average Bonchev–Trinajstić information content (AvgIpc) is 2.35. The van der Waals surface area contributed by atoms with Crippen molar-refractivity contribution in [3.05, 3.63) is 35.7 Å². The minimum atomic E-state index is 0.569. The largest absolute Gasteiger partial charge is 0.494 e. The lowest BCUT2D eigenvalue weighted by Crippen LogP contribution is -1.98. The fourth-order valence-electron chi connectivity index (χ4n) is 1.82. The van der Waals surface area contributed by atoms with Crippen molar-refractivity contribution in [3.8, 4) is 17.1 Å². The van der Waals surface area contributed by atoms with E-state index in [1.807, 2.05) is 32.9 Å². The summed E-state index contributed by atoms with van der Waals surface area (Å²) in [4.78, 5) is 8.50. The number of nitrogens with zero attached hydrogens (tertiary/aromatic N) is 2. The topological polar surface area (TPSA) is 61.0 Å². The molecule has 94 valence electrons. The van der Waals surface area contributed by atoms with Crippen LogP contribution in [0.4, 0.5) is 5.69 Å². The highest BCUT2D eigenvalue weighted by atomic mass is 16.5. The molecule has 0 fully saturated rings. The van der Waals surface area contributed by atoms with Crippen molar-refractivity contribution < 1.29 is 4.74 Å². The van der Waals surface area contributed by atoms with Crippen molar-refractivity contribution in [1.29, 1.82) is 0 Å². The second kappa shape index (κ2) is 5.04. The van der Waals surface area contributed by atoms with Crippen molar-refractivity contribution in [1.82, 2.24) is 9.97 Å². The maximum Gasteiger partial charge on any atom is 0.159 e. The molecule has 1 aromatic carbocycles. The van der Waals surface area contributed by atoms with Crippen LogP contribution in [0.5, 0.6) is 5.75 Å². The van der Waals surface area contributed by atoms with E-state index in [1.165, 1.54) is 0 Å². The molecule has 2 aromatic rings. The van der Waals surface area contributed by atoms with E-state index >= 15 is 0 Å². The van der Waals surface area contributed by atoms with Gasteiger partial charge >= 0.3 is 0 Å². The molecular weight excluding hydrogens is 226 g/mol. The van der Waals surface area contributed by atoms with Gasteiger partial charge in [-0.3, -0.25) is 0 Å². The summed E-state index contributed by atoms with van der Waals surface area (Å²) in [6, 6.07) is 4.07. The maximum absolute atomic E-state index is 5.59. The number of benzene rings is 1. The lowest BCUT2D eigenvalue weighted by molar-refractivity contribution is 0.337. The van der Waals surface area contributed by atoms with Gasteiger partial charge in [-0.25, -0.2) is 9.97 Å². The zero-order valence-electron chi connectivity index (χ0n) is 10.9. The lowest BCUT2D eigenvalue weighted by atomic mass is 10.0. The normalized spacial score (nSPS) is 10.4. The molecule has 4 nitrogen and oxygen atoms in total.